The first-order valence-corrected chi connectivity index (χ1v) is 18.0. The summed E-state index contributed by atoms with van der Waals surface area (Å²) in [5.41, 5.74) is 6.09. The van der Waals surface area contributed by atoms with Crippen LogP contribution in [-0.4, -0.2) is 124 Å². The fraction of sp³-hybridized carbons (Fsp3) is 0.571. The molecule has 5 N–H and O–H groups in total. The average molecular weight is 839 g/mol. The van der Waals surface area contributed by atoms with Crippen molar-refractivity contribution in [3.8, 4) is 0 Å². The maximum Gasteiger partial charge on any atom is 2.00 e. The minimum Gasteiger partial charge on any atom is -0.648 e. The summed E-state index contributed by atoms with van der Waals surface area (Å²) in [4.78, 5) is 34.3. The molecule has 52 heavy (non-hydrogen) atoms. The quantitative estimate of drug-likeness (QED) is 0.191. The van der Waals surface area contributed by atoms with Crippen LogP contribution in [0.25, 0.3) is 0 Å². The molecule has 0 aliphatic rings. The molecule has 0 aliphatic carbocycles. The number of aliphatic imine (C=N–C) groups is 2. The number of nitrogens with zero attached hydrogens (tertiary/aromatic N) is 4. The Kier molecular flexibility index (Phi) is 19.7. The standard InChI is InChI=1S/C14H23N3.2C14H22N3.Ba/c3*1-13(2,3)15-9-11-7-8-12(17-11)10-16-14(4,5)6;/h7-10,17H,1-6H3;2*7-10H,1-6H3;/q;2*-1;+2/p+4. The van der Waals surface area contributed by atoms with Gasteiger partial charge in [0.05, 0.1) is 22.5 Å². The van der Waals surface area contributed by atoms with Crippen molar-refractivity contribution in [3.05, 3.63) is 70.6 Å². The van der Waals surface area contributed by atoms with Gasteiger partial charge in [-0.1, -0.05) is 47.0 Å². The largest absolute Gasteiger partial charge is 2.00 e. The number of aromatic nitrogens is 3. The average Bonchev–Trinajstić information content (AvgIpc) is 3.70. The smallest absolute Gasteiger partial charge is 0.648 e. The third kappa shape index (κ3) is 28.0. The summed E-state index contributed by atoms with van der Waals surface area (Å²) in [6.07, 6.45) is 11.6. The zero-order valence-corrected chi connectivity index (χ0v) is 40.4. The van der Waals surface area contributed by atoms with Crippen molar-refractivity contribution in [1.82, 2.24) is 15.0 Å². The van der Waals surface area contributed by atoms with Crippen molar-refractivity contribution in [2.75, 3.05) is 0 Å². The molecule has 9 nitrogen and oxygen atoms in total. The summed E-state index contributed by atoms with van der Waals surface area (Å²) >= 11 is 0. The monoisotopic (exact) mass is 839 g/mol. The van der Waals surface area contributed by atoms with Crippen LogP contribution in [0.15, 0.2) is 46.4 Å². The molecule has 0 unspecified atom stereocenters. The minimum atomic E-state index is -0.0369. The van der Waals surface area contributed by atoms with Gasteiger partial charge in [0.25, 0.3) is 0 Å². The molecule has 3 rings (SSSR count). The van der Waals surface area contributed by atoms with E-state index in [-0.39, 0.29) is 82.1 Å². The summed E-state index contributed by atoms with van der Waals surface area (Å²) in [5.74, 6) is 0. The Hall–Kier alpha value is -2.57. The van der Waals surface area contributed by atoms with E-state index in [2.05, 4.69) is 170 Å². The van der Waals surface area contributed by atoms with E-state index in [9.17, 15) is 0 Å². The molecule has 3 heterocycles. The van der Waals surface area contributed by atoms with E-state index in [1.165, 1.54) is 0 Å². The minimum absolute atomic E-state index is 0. The Morgan fingerprint density at radius 1 is 0.423 bits per heavy atom. The molecule has 282 valence electrons. The Labute approximate surface area is 356 Å². The number of H-pyrrole nitrogens is 1. The molecule has 0 bridgehead atoms. The van der Waals surface area contributed by atoms with E-state index < -0.39 is 0 Å². The molecule has 10 heteroatoms. The zero-order valence-electron chi connectivity index (χ0n) is 35.9. The van der Waals surface area contributed by atoms with Crippen molar-refractivity contribution < 1.29 is 20.0 Å². The fourth-order valence-corrected chi connectivity index (χ4v) is 3.38. The number of rotatable bonds is 6. The summed E-state index contributed by atoms with van der Waals surface area (Å²) in [6.45, 7) is 38.0. The van der Waals surface area contributed by atoms with Crippen molar-refractivity contribution in [3.63, 3.8) is 0 Å². The number of aromatic amines is 1. The predicted octanol–water partition coefficient (Wildman–Crippen LogP) is 1.55. The fourth-order valence-electron chi connectivity index (χ4n) is 3.38. The van der Waals surface area contributed by atoms with Gasteiger partial charge in [0.1, 0.15) is 24.9 Å². The third-order valence-corrected chi connectivity index (χ3v) is 5.89. The number of hydrogen-bond acceptors (Lipinski definition) is 2. The van der Waals surface area contributed by atoms with E-state index in [1.807, 2.05) is 73.7 Å². The Bertz CT molecular complexity index is 1320. The van der Waals surface area contributed by atoms with Gasteiger partial charge in [-0.25, -0.2) is 20.0 Å². The second kappa shape index (κ2) is 20.8. The summed E-state index contributed by atoms with van der Waals surface area (Å²) < 4.78 is 0. The van der Waals surface area contributed by atoms with Gasteiger partial charge in [-0.2, -0.15) is 0 Å². The van der Waals surface area contributed by atoms with Crippen LogP contribution in [0.1, 0.15) is 159 Å². The Morgan fingerprint density at radius 3 is 0.846 bits per heavy atom. The number of nitrogens with one attached hydrogen (secondary N) is 5. The molecule has 0 fully saturated rings. The van der Waals surface area contributed by atoms with Crippen molar-refractivity contribution in [1.29, 1.82) is 0 Å². The molecule has 0 amide bonds. The molecular weight excluding hydrogens is 768 g/mol. The zero-order chi connectivity index (χ0) is 39.3. The second-order valence-electron chi connectivity index (χ2n) is 19.0. The SMILES string of the molecule is CC(C)(C)N=Cc1ccc(C=NC(C)(C)C)[nH]1.CC(C)(C)[NH+]=Cc1ccc(C=[NH+]C(C)(C)C)[n-]1.CC(C)(C)[NH+]=Cc1ccc(C=[NH+]C(C)(C)C)[n-]1.[Ba+2]. The van der Waals surface area contributed by atoms with Crippen molar-refractivity contribution in [2.45, 2.75) is 158 Å². The molecule has 0 aromatic carbocycles. The van der Waals surface area contributed by atoms with E-state index in [0.717, 1.165) is 34.2 Å². The summed E-state index contributed by atoms with van der Waals surface area (Å²) in [6, 6.07) is 12.1. The molecule has 0 saturated heterocycles. The van der Waals surface area contributed by atoms with Gasteiger partial charge in [-0.15, -0.1) is 0 Å². The molecular formula is C42H71BaN9+4. The second-order valence-corrected chi connectivity index (χ2v) is 19.0. The van der Waals surface area contributed by atoms with Crippen molar-refractivity contribution >= 4 is 86.2 Å². The maximum atomic E-state index is 4.48. The van der Waals surface area contributed by atoms with Crippen LogP contribution in [0.4, 0.5) is 0 Å². The van der Waals surface area contributed by atoms with Crippen LogP contribution < -0.4 is 29.9 Å². The van der Waals surface area contributed by atoms with E-state index in [1.54, 1.807) is 0 Å². The Balaban J connectivity index is 0.000000743. The first-order chi connectivity index (χ1) is 23.0. The Morgan fingerprint density at radius 2 is 0.654 bits per heavy atom. The first-order valence-electron chi connectivity index (χ1n) is 18.0. The van der Waals surface area contributed by atoms with Gasteiger partial charge >= 0.3 is 48.9 Å². The van der Waals surface area contributed by atoms with Gasteiger partial charge in [-0.05, 0) is 137 Å². The maximum absolute atomic E-state index is 4.48. The molecule has 0 aliphatic heterocycles. The van der Waals surface area contributed by atoms with Gasteiger partial charge < -0.3 is 15.0 Å². The normalized spacial score (nSPS) is 13.7. The van der Waals surface area contributed by atoms with Crippen LogP contribution in [0, 0.1) is 0 Å². The summed E-state index contributed by atoms with van der Waals surface area (Å²) in [7, 11) is 0. The van der Waals surface area contributed by atoms with E-state index in [0.29, 0.717) is 0 Å². The van der Waals surface area contributed by atoms with E-state index in [4.69, 9.17) is 0 Å². The van der Waals surface area contributed by atoms with Gasteiger partial charge in [0.15, 0.2) is 22.2 Å². The van der Waals surface area contributed by atoms with Gasteiger partial charge in [0.2, 0.25) is 0 Å². The molecule has 3 aromatic heterocycles. The molecule has 0 atom stereocenters. The molecule has 0 saturated carbocycles. The topological polar surface area (TPSA) is 125 Å². The molecule has 3 aromatic rings. The van der Waals surface area contributed by atoms with Crippen LogP contribution >= 0.6 is 0 Å². The first kappa shape index (κ1) is 49.4. The van der Waals surface area contributed by atoms with E-state index >= 15 is 0 Å². The molecule has 0 radical (unpaired) electrons. The van der Waals surface area contributed by atoms with Crippen LogP contribution in [0.5, 0.6) is 0 Å². The number of hydrogen-bond donors (Lipinski definition) is 5. The predicted molar refractivity (Wildman–Crippen MR) is 224 cm³/mol. The van der Waals surface area contributed by atoms with Crippen LogP contribution in [0.3, 0.4) is 0 Å². The molecule has 0 spiro atoms. The summed E-state index contributed by atoms with van der Waals surface area (Å²) in [5, 5.41) is 0. The van der Waals surface area contributed by atoms with Gasteiger partial charge in [0, 0.05) is 12.4 Å². The van der Waals surface area contributed by atoms with Gasteiger partial charge in [-0.3, -0.25) is 9.98 Å². The van der Waals surface area contributed by atoms with Crippen LogP contribution in [-0.2, 0) is 0 Å². The van der Waals surface area contributed by atoms with Crippen LogP contribution in [0.2, 0.25) is 0 Å². The van der Waals surface area contributed by atoms with Crippen molar-refractivity contribution in [2.24, 2.45) is 9.98 Å². The third-order valence-electron chi connectivity index (χ3n) is 5.89.